The van der Waals surface area contributed by atoms with E-state index < -0.39 is 20.8 Å². The Kier molecular flexibility index (Phi) is 28.9. The van der Waals surface area contributed by atoms with E-state index in [0.717, 1.165) is 0 Å². The summed E-state index contributed by atoms with van der Waals surface area (Å²) in [6, 6.07) is 0. The van der Waals surface area contributed by atoms with E-state index >= 15 is 0 Å². The van der Waals surface area contributed by atoms with E-state index in [4.69, 9.17) is 29.1 Å². The molecule has 0 atom stereocenters. The van der Waals surface area contributed by atoms with Gasteiger partial charge in [0.1, 0.15) is 0 Å². The zero-order valence-electron chi connectivity index (χ0n) is 12.8. The molecule has 0 aliphatic heterocycles. The van der Waals surface area contributed by atoms with Crippen LogP contribution in [-0.2, 0) is 18.6 Å². The monoisotopic (exact) mass is 374 g/mol. The SMILES string of the molecule is CC(C)OB(OC(C)C)OC(C)C.O=C(O)OB(O)O.[KH].[KH]. The van der Waals surface area contributed by atoms with Crippen molar-refractivity contribution < 1.29 is 38.6 Å². The van der Waals surface area contributed by atoms with Crippen LogP contribution >= 0.6 is 0 Å². The minimum atomic E-state index is -2.22. The van der Waals surface area contributed by atoms with Gasteiger partial charge in [-0.3, -0.25) is 0 Å². The van der Waals surface area contributed by atoms with Crippen LogP contribution in [0.4, 0.5) is 4.79 Å². The van der Waals surface area contributed by atoms with E-state index in [-0.39, 0.29) is 121 Å². The van der Waals surface area contributed by atoms with Crippen molar-refractivity contribution in [1.29, 1.82) is 0 Å². The van der Waals surface area contributed by atoms with Crippen molar-refractivity contribution in [1.82, 2.24) is 0 Å². The van der Waals surface area contributed by atoms with E-state index in [0.29, 0.717) is 0 Å². The molecular formula is C10H26B2K2O8. The molecule has 0 aliphatic rings. The second-order valence-corrected chi connectivity index (χ2v) is 4.55. The molecular weight excluding hydrogens is 348 g/mol. The summed E-state index contributed by atoms with van der Waals surface area (Å²) >= 11 is 0. The topological polar surface area (TPSA) is 115 Å². The molecule has 0 aromatic heterocycles. The van der Waals surface area contributed by atoms with Crippen LogP contribution in [-0.4, -0.2) is 157 Å². The van der Waals surface area contributed by atoms with Gasteiger partial charge < -0.3 is 33.8 Å². The van der Waals surface area contributed by atoms with Gasteiger partial charge in [-0.1, -0.05) is 0 Å². The Hall–Kier alpha value is 2.47. The molecule has 0 saturated heterocycles. The van der Waals surface area contributed by atoms with Crippen LogP contribution in [0.15, 0.2) is 0 Å². The molecule has 0 amide bonds. The molecule has 22 heavy (non-hydrogen) atoms. The second-order valence-electron chi connectivity index (χ2n) is 4.55. The Balaban J connectivity index is -0.000000156. The van der Waals surface area contributed by atoms with E-state index in [1.54, 1.807) is 0 Å². The Morgan fingerprint density at radius 1 is 0.818 bits per heavy atom. The van der Waals surface area contributed by atoms with Crippen molar-refractivity contribution in [2.24, 2.45) is 0 Å². The molecule has 3 N–H and O–H groups in total. The van der Waals surface area contributed by atoms with Crippen molar-refractivity contribution >= 4 is 124 Å². The van der Waals surface area contributed by atoms with Gasteiger partial charge in [0.25, 0.3) is 0 Å². The second kappa shape index (κ2) is 19.8. The Bertz CT molecular complexity index is 233. The predicted molar refractivity (Wildman–Crippen MR) is 88.0 cm³/mol. The van der Waals surface area contributed by atoms with Crippen LogP contribution in [0.2, 0.25) is 0 Å². The van der Waals surface area contributed by atoms with Crippen LogP contribution in [0, 0.1) is 0 Å². The third-order valence-electron chi connectivity index (χ3n) is 1.36. The quantitative estimate of drug-likeness (QED) is 0.516. The predicted octanol–water partition coefficient (Wildman–Crippen LogP) is -0.400. The van der Waals surface area contributed by atoms with Crippen LogP contribution in [0.1, 0.15) is 41.5 Å². The molecule has 0 aromatic carbocycles. The molecule has 8 nitrogen and oxygen atoms in total. The first kappa shape index (κ1) is 32.2. The van der Waals surface area contributed by atoms with Gasteiger partial charge in [-0.2, -0.15) is 0 Å². The molecule has 0 spiro atoms. The summed E-state index contributed by atoms with van der Waals surface area (Å²) in [5, 5.41) is 22.9. The van der Waals surface area contributed by atoms with Gasteiger partial charge in [-0.25, -0.2) is 4.79 Å². The summed E-state index contributed by atoms with van der Waals surface area (Å²) in [5.41, 5.74) is 0. The van der Waals surface area contributed by atoms with Gasteiger partial charge in [0.15, 0.2) is 0 Å². The van der Waals surface area contributed by atoms with Gasteiger partial charge in [-0.05, 0) is 41.5 Å². The van der Waals surface area contributed by atoms with Gasteiger partial charge in [0, 0.05) is 18.3 Å². The first-order valence-electron chi connectivity index (χ1n) is 6.26. The van der Waals surface area contributed by atoms with Crippen molar-refractivity contribution in [3.8, 4) is 0 Å². The summed E-state index contributed by atoms with van der Waals surface area (Å²) in [6.45, 7) is 11.8. The number of carboxylic acid groups (broad SMARTS) is 1. The Morgan fingerprint density at radius 2 is 1.09 bits per heavy atom. The summed E-state index contributed by atoms with van der Waals surface area (Å²) < 4.78 is 19.6. The third kappa shape index (κ3) is 30.4. The number of rotatable bonds is 7. The fourth-order valence-corrected chi connectivity index (χ4v) is 0.853. The molecule has 0 fully saturated rings. The summed E-state index contributed by atoms with van der Waals surface area (Å²) in [7, 11) is -2.77. The van der Waals surface area contributed by atoms with E-state index in [1.807, 2.05) is 41.5 Å². The summed E-state index contributed by atoms with van der Waals surface area (Å²) in [5.74, 6) is 0. The fourth-order valence-electron chi connectivity index (χ4n) is 0.853. The standard InChI is InChI=1S/C9H21BO3.CH3BO5.2K.2H/c1-7(2)11-10(12-8(3)4)13-9(5)6;3-1(4)7-2(5)6;;;;/h7-9H,1-6H3;5-6H,(H,3,4);;;;. The molecule has 0 unspecified atom stereocenters. The van der Waals surface area contributed by atoms with Gasteiger partial charge >= 0.3 is 124 Å². The number of hydrogen-bond donors (Lipinski definition) is 3. The molecule has 0 aliphatic carbocycles. The average molecular weight is 374 g/mol. The molecule has 0 saturated carbocycles. The number of carbonyl (C=O) groups is 1. The van der Waals surface area contributed by atoms with Crippen molar-refractivity contribution in [2.75, 3.05) is 0 Å². The first-order chi connectivity index (χ1) is 9.04. The molecule has 0 aromatic rings. The molecule has 0 rings (SSSR count). The molecule has 0 bridgehead atoms. The van der Waals surface area contributed by atoms with E-state index in [9.17, 15) is 4.79 Å². The fraction of sp³-hybridized carbons (Fsp3) is 0.900. The molecule has 0 heterocycles. The van der Waals surface area contributed by atoms with Crippen LogP contribution < -0.4 is 0 Å². The average Bonchev–Trinajstić information content (AvgIpc) is 2.11. The zero-order valence-corrected chi connectivity index (χ0v) is 12.8. The minimum absolute atomic E-state index is 0. The van der Waals surface area contributed by atoms with E-state index in [1.165, 1.54) is 0 Å². The van der Waals surface area contributed by atoms with Crippen molar-refractivity contribution in [2.45, 2.75) is 59.9 Å². The maximum atomic E-state index is 9.27. The molecule has 12 heteroatoms. The van der Waals surface area contributed by atoms with Crippen LogP contribution in [0.5, 0.6) is 0 Å². The van der Waals surface area contributed by atoms with E-state index in [2.05, 4.69) is 4.65 Å². The normalized spacial score (nSPS) is 9.41. The van der Waals surface area contributed by atoms with Gasteiger partial charge in [0.2, 0.25) is 0 Å². The first-order valence-corrected chi connectivity index (χ1v) is 6.26. The zero-order chi connectivity index (χ0) is 16.3. The Labute approximate surface area is 218 Å². The maximum absolute atomic E-state index is 9.27. The van der Waals surface area contributed by atoms with Gasteiger partial charge in [0.05, 0.1) is 0 Å². The van der Waals surface area contributed by atoms with Crippen LogP contribution in [0.3, 0.4) is 0 Å². The third-order valence-corrected chi connectivity index (χ3v) is 1.36. The summed E-state index contributed by atoms with van der Waals surface area (Å²) in [6.07, 6.45) is -1.37. The van der Waals surface area contributed by atoms with Crippen molar-refractivity contribution in [3.05, 3.63) is 0 Å². The molecule has 122 valence electrons. The summed E-state index contributed by atoms with van der Waals surface area (Å²) in [4.78, 5) is 9.27. The molecule has 0 radical (unpaired) electrons. The number of hydrogen-bond acceptors (Lipinski definition) is 7. The van der Waals surface area contributed by atoms with Crippen LogP contribution in [0.25, 0.3) is 0 Å². The van der Waals surface area contributed by atoms with Crippen molar-refractivity contribution in [3.63, 3.8) is 0 Å². The Morgan fingerprint density at radius 3 is 1.18 bits per heavy atom. The van der Waals surface area contributed by atoms with Gasteiger partial charge in [-0.15, -0.1) is 0 Å².